The van der Waals surface area contributed by atoms with Gasteiger partial charge in [-0.3, -0.25) is 0 Å². The molecule has 0 unspecified atom stereocenters. The fourth-order valence-corrected chi connectivity index (χ4v) is 2.05. The standard InChI is InChI=1S/C11H22O/c1-4-10(5-2)7-11(6-3)8-12-9-11/h10H,4-9H2,1-3H3. The molecular weight excluding hydrogens is 148 g/mol. The third-order valence-electron chi connectivity index (χ3n) is 3.44. The smallest absolute Gasteiger partial charge is 0.0544 e. The van der Waals surface area contributed by atoms with Gasteiger partial charge in [-0.1, -0.05) is 33.6 Å². The van der Waals surface area contributed by atoms with Crippen LogP contribution < -0.4 is 0 Å². The molecule has 0 aromatic heterocycles. The summed E-state index contributed by atoms with van der Waals surface area (Å²) in [5.74, 6) is 0.925. The van der Waals surface area contributed by atoms with Crippen LogP contribution in [0.15, 0.2) is 0 Å². The van der Waals surface area contributed by atoms with Gasteiger partial charge < -0.3 is 4.74 Å². The molecule has 1 rings (SSSR count). The number of ether oxygens (including phenoxy) is 1. The molecule has 0 aromatic carbocycles. The van der Waals surface area contributed by atoms with Crippen LogP contribution in [0.2, 0.25) is 0 Å². The van der Waals surface area contributed by atoms with E-state index in [1.807, 2.05) is 0 Å². The Bertz CT molecular complexity index is 117. The Kier molecular flexibility index (Phi) is 3.57. The van der Waals surface area contributed by atoms with Crippen LogP contribution in [-0.4, -0.2) is 13.2 Å². The SMILES string of the molecule is CCC(CC)CC1(CC)COC1. The summed E-state index contributed by atoms with van der Waals surface area (Å²) in [6.07, 6.45) is 5.34. The summed E-state index contributed by atoms with van der Waals surface area (Å²) in [6.45, 7) is 8.93. The topological polar surface area (TPSA) is 9.23 Å². The molecule has 0 atom stereocenters. The Morgan fingerprint density at radius 1 is 1.17 bits per heavy atom. The summed E-state index contributed by atoms with van der Waals surface area (Å²) in [7, 11) is 0. The van der Waals surface area contributed by atoms with Crippen LogP contribution >= 0.6 is 0 Å². The van der Waals surface area contributed by atoms with Gasteiger partial charge in [-0.15, -0.1) is 0 Å². The lowest BCUT2D eigenvalue weighted by Gasteiger charge is -2.43. The van der Waals surface area contributed by atoms with Gasteiger partial charge in [0.25, 0.3) is 0 Å². The quantitative estimate of drug-likeness (QED) is 0.615. The second-order valence-corrected chi connectivity index (χ2v) is 4.23. The third kappa shape index (κ3) is 2.01. The highest BCUT2D eigenvalue weighted by Crippen LogP contribution is 2.39. The summed E-state index contributed by atoms with van der Waals surface area (Å²) in [6, 6.07) is 0. The van der Waals surface area contributed by atoms with Crippen molar-refractivity contribution in [1.82, 2.24) is 0 Å². The summed E-state index contributed by atoms with van der Waals surface area (Å²) < 4.78 is 5.32. The molecule has 1 aliphatic heterocycles. The molecule has 0 spiro atoms. The van der Waals surface area contributed by atoms with Crippen molar-refractivity contribution in [3.8, 4) is 0 Å². The van der Waals surface area contributed by atoms with E-state index in [4.69, 9.17) is 4.74 Å². The van der Waals surface area contributed by atoms with Crippen molar-refractivity contribution in [1.29, 1.82) is 0 Å². The van der Waals surface area contributed by atoms with Gasteiger partial charge in [0.15, 0.2) is 0 Å². The Hall–Kier alpha value is -0.0400. The molecule has 1 nitrogen and oxygen atoms in total. The van der Waals surface area contributed by atoms with E-state index in [0.29, 0.717) is 5.41 Å². The van der Waals surface area contributed by atoms with Crippen molar-refractivity contribution in [3.63, 3.8) is 0 Å². The Morgan fingerprint density at radius 2 is 1.75 bits per heavy atom. The van der Waals surface area contributed by atoms with Gasteiger partial charge in [-0.2, -0.15) is 0 Å². The lowest BCUT2D eigenvalue weighted by Crippen LogP contribution is -2.43. The molecule has 0 bridgehead atoms. The zero-order valence-corrected chi connectivity index (χ0v) is 8.73. The van der Waals surface area contributed by atoms with Crippen LogP contribution in [0.1, 0.15) is 46.5 Å². The van der Waals surface area contributed by atoms with Gasteiger partial charge in [0.05, 0.1) is 13.2 Å². The van der Waals surface area contributed by atoms with Gasteiger partial charge in [-0.05, 0) is 18.8 Å². The van der Waals surface area contributed by atoms with Crippen LogP contribution in [0.5, 0.6) is 0 Å². The lowest BCUT2D eigenvalue weighted by molar-refractivity contribution is -0.126. The second kappa shape index (κ2) is 4.27. The highest BCUT2D eigenvalue weighted by atomic mass is 16.5. The zero-order valence-electron chi connectivity index (χ0n) is 8.73. The summed E-state index contributed by atoms with van der Waals surface area (Å²) in [5, 5.41) is 0. The van der Waals surface area contributed by atoms with Crippen molar-refractivity contribution in [2.24, 2.45) is 11.3 Å². The first-order chi connectivity index (χ1) is 5.76. The minimum absolute atomic E-state index is 0.566. The molecule has 1 heteroatoms. The maximum atomic E-state index is 5.32. The fraction of sp³-hybridized carbons (Fsp3) is 1.00. The van der Waals surface area contributed by atoms with Crippen LogP contribution in [0.25, 0.3) is 0 Å². The van der Waals surface area contributed by atoms with Gasteiger partial charge in [-0.25, -0.2) is 0 Å². The number of hydrogen-bond acceptors (Lipinski definition) is 1. The monoisotopic (exact) mass is 170 g/mol. The Balaban J connectivity index is 2.35. The molecule has 12 heavy (non-hydrogen) atoms. The third-order valence-corrected chi connectivity index (χ3v) is 3.44. The lowest BCUT2D eigenvalue weighted by atomic mass is 9.74. The van der Waals surface area contributed by atoms with E-state index in [9.17, 15) is 0 Å². The summed E-state index contributed by atoms with van der Waals surface area (Å²) >= 11 is 0. The predicted octanol–water partition coefficient (Wildman–Crippen LogP) is 3.24. The van der Waals surface area contributed by atoms with Gasteiger partial charge in [0.2, 0.25) is 0 Å². The Morgan fingerprint density at radius 3 is 2.00 bits per heavy atom. The maximum absolute atomic E-state index is 5.32. The first kappa shape index (κ1) is 10.0. The zero-order chi connectivity index (χ0) is 9.03. The van der Waals surface area contributed by atoms with E-state index < -0.39 is 0 Å². The van der Waals surface area contributed by atoms with E-state index in [1.165, 1.54) is 25.7 Å². The van der Waals surface area contributed by atoms with E-state index in [2.05, 4.69) is 20.8 Å². The molecule has 1 fully saturated rings. The minimum atomic E-state index is 0.566. The van der Waals surface area contributed by atoms with Crippen molar-refractivity contribution in [3.05, 3.63) is 0 Å². The van der Waals surface area contributed by atoms with E-state index in [-0.39, 0.29) is 0 Å². The fourth-order valence-electron chi connectivity index (χ4n) is 2.05. The largest absolute Gasteiger partial charge is 0.380 e. The molecular formula is C11H22O. The van der Waals surface area contributed by atoms with Crippen molar-refractivity contribution >= 4 is 0 Å². The second-order valence-electron chi connectivity index (χ2n) is 4.23. The highest BCUT2D eigenvalue weighted by Gasteiger charge is 2.37. The van der Waals surface area contributed by atoms with E-state index in [0.717, 1.165) is 19.1 Å². The molecule has 1 aliphatic rings. The van der Waals surface area contributed by atoms with Crippen molar-refractivity contribution in [2.75, 3.05) is 13.2 Å². The molecule has 0 amide bonds. The average Bonchev–Trinajstić information content (AvgIpc) is 2.05. The van der Waals surface area contributed by atoms with Gasteiger partial charge in [0.1, 0.15) is 0 Å². The molecule has 0 radical (unpaired) electrons. The maximum Gasteiger partial charge on any atom is 0.0544 e. The van der Waals surface area contributed by atoms with Crippen molar-refractivity contribution in [2.45, 2.75) is 46.5 Å². The van der Waals surface area contributed by atoms with Crippen LogP contribution in [0, 0.1) is 11.3 Å². The van der Waals surface area contributed by atoms with Gasteiger partial charge >= 0.3 is 0 Å². The molecule has 72 valence electrons. The first-order valence-electron chi connectivity index (χ1n) is 5.34. The normalized spacial score (nSPS) is 21.0. The summed E-state index contributed by atoms with van der Waals surface area (Å²) in [5.41, 5.74) is 0.566. The highest BCUT2D eigenvalue weighted by molar-refractivity contribution is 4.85. The van der Waals surface area contributed by atoms with E-state index in [1.54, 1.807) is 0 Å². The van der Waals surface area contributed by atoms with E-state index >= 15 is 0 Å². The number of hydrogen-bond donors (Lipinski definition) is 0. The Labute approximate surface area is 76.5 Å². The molecule has 0 N–H and O–H groups in total. The molecule has 1 heterocycles. The molecule has 0 aliphatic carbocycles. The van der Waals surface area contributed by atoms with Crippen molar-refractivity contribution < 1.29 is 4.74 Å². The summed E-state index contributed by atoms with van der Waals surface area (Å²) in [4.78, 5) is 0. The average molecular weight is 170 g/mol. The molecule has 0 aromatic rings. The number of rotatable bonds is 5. The molecule has 0 saturated carbocycles. The predicted molar refractivity (Wildman–Crippen MR) is 52.2 cm³/mol. The molecule has 1 saturated heterocycles. The van der Waals surface area contributed by atoms with Crippen LogP contribution in [0.4, 0.5) is 0 Å². The van der Waals surface area contributed by atoms with Crippen LogP contribution in [0.3, 0.4) is 0 Å². The van der Waals surface area contributed by atoms with Gasteiger partial charge in [0, 0.05) is 5.41 Å². The minimum Gasteiger partial charge on any atom is -0.380 e. The first-order valence-corrected chi connectivity index (χ1v) is 5.34. The van der Waals surface area contributed by atoms with Crippen LogP contribution in [-0.2, 0) is 4.74 Å².